The molecule has 0 fully saturated rings. The molecule has 2 amide bonds. The van der Waals surface area contributed by atoms with E-state index in [2.05, 4.69) is 5.32 Å². The number of nitrogens with one attached hydrogen (secondary N) is 1. The van der Waals surface area contributed by atoms with Gasteiger partial charge in [0.1, 0.15) is 12.4 Å². The van der Waals surface area contributed by atoms with Crippen molar-refractivity contribution in [1.82, 2.24) is 5.32 Å². The number of ether oxygens (including phenoxy) is 2. The van der Waals surface area contributed by atoms with Crippen LogP contribution in [0, 0.1) is 0 Å². The zero-order valence-corrected chi connectivity index (χ0v) is 19.9. The number of rotatable bonds is 11. The summed E-state index contributed by atoms with van der Waals surface area (Å²) in [4.78, 5) is 24.4. The van der Waals surface area contributed by atoms with Crippen LogP contribution in [0.4, 0.5) is 0 Å². The molecule has 0 aliphatic rings. The van der Waals surface area contributed by atoms with Crippen LogP contribution in [0.1, 0.15) is 43.0 Å². The Hall–Kier alpha value is -4.42. The van der Waals surface area contributed by atoms with Gasteiger partial charge in [-0.2, -0.15) is 0 Å². The van der Waals surface area contributed by atoms with Gasteiger partial charge in [-0.05, 0) is 46.5 Å². The van der Waals surface area contributed by atoms with Crippen LogP contribution in [-0.2, 0) is 31.1 Å². The van der Waals surface area contributed by atoms with Gasteiger partial charge in [0.15, 0.2) is 0 Å². The Morgan fingerprint density at radius 2 is 1.39 bits per heavy atom. The maximum Gasteiger partial charge on any atom is 0.252 e. The predicted octanol–water partition coefficient (Wildman–Crippen LogP) is 5.01. The zero-order valence-electron chi connectivity index (χ0n) is 19.9. The molecule has 0 spiro atoms. The first-order chi connectivity index (χ1) is 17.6. The Kier molecular flexibility index (Phi) is 8.46. The lowest BCUT2D eigenvalue weighted by Crippen LogP contribution is -2.23. The third kappa shape index (κ3) is 6.81. The Morgan fingerprint density at radius 1 is 0.694 bits per heavy atom. The summed E-state index contributed by atoms with van der Waals surface area (Å²) < 4.78 is 11.7. The average Bonchev–Trinajstić information content (AvgIpc) is 2.92. The molecular formula is C30H28N2O4. The normalized spacial score (nSPS) is 10.6. The lowest BCUT2D eigenvalue weighted by Gasteiger charge is -2.12. The lowest BCUT2D eigenvalue weighted by atomic mass is 10.1. The monoisotopic (exact) mass is 480 g/mol. The molecule has 182 valence electrons. The van der Waals surface area contributed by atoms with Crippen molar-refractivity contribution in [1.29, 1.82) is 0 Å². The van der Waals surface area contributed by atoms with Gasteiger partial charge in [0, 0.05) is 12.1 Å². The third-order valence-electron chi connectivity index (χ3n) is 5.66. The number of hydrogen-bond donors (Lipinski definition) is 2. The fourth-order valence-electron chi connectivity index (χ4n) is 3.76. The number of hydrogen-bond acceptors (Lipinski definition) is 4. The zero-order chi connectivity index (χ0) is 25.2. The summed E-state index contributed by atoms with van der Waals surface area (Å²) in [5.74, 6) is -0.329. The summed E-state index contributed by atoms with van der Waals surface area (Å²) in [6.07, 6.45) is 0. The molecule has 0 radical (unpaired) electrons. The molecule has 0 aromatic heterocycles. The molecule has 0 aliphatic carbocycles. The van der Waals surface area contributed by atoms with E-state index in [0.717, 1.165) is 22.3 Å². The van der Waals surface area contributed by atoms with E-state index >= 15 is 0 Å². The highest BCUT2D eigenvalue weighted by Gasteiger charge is 2.11. The number of carbonyl (C=O) groups excluding carboxylic acids is 2. The highest BCUT2D eigenvalue weighted by molar-refractivity contribution is 5.95. The summed E-state index contributed by atoms with van der Waals surface area (Å²) in [7, 11) is 0. The van der Waals surface area contributed by atoms with Crippen LogP contribution in [0.25, 0.3) is 0 Å². The summed E-state index contributed by atoms with van der Waals surface area (Å²) >= 11 is 0. The van der Waals surface area contributed by atoms with Crippen molar-refractivity contribution in [3.05, 3.63) is 137 Å². The minimum atomic E-state index is -0.551. The fraction of sp³-hybridized carbons (Fsp3) is 0.133. The molecule has 36 heavy (non-hydrogen) atoms. The average molecular weight is 481 g/mol. The van der Waals surface area contributed by atoms with Crippen LogP contribution in [0.15, 0.2) is 103 Å². The molecule has 0 unspecified atom stereocenters. The summed E-state index contributed by atoms with van der Waals surface area (Å²) in [5, 5.41) is 2.99. The Bertz CT molecular complexity index is 1320. The largest absolute Gasteiger partial charge is 0.488 e. The van der Waals surface area contributed by atoms with E-state index < -0.39 is 5.91 Å². The second-order valence-corrected chi connectivity index (χ2v) is 8.28. The van der Waals surface area contributed by atoms with Crippen molar-refractivity contribution in [2.75, 3.05) is 0 Å². The lowest BCUT2D eigenvalue weighted by molar-refractivity contribution is 0.0946. The number of carbonyl (C=O) groups is 2. The van der Waals surface area contributed by atoms with Crippen molar-refractivity contribution >= 4 is 11.8 Å². The number of benzene rings is 4. The molecule has 3 N–H and O–H groups in total. The number of nitrogens with two attached hydrogens (primary N) is 1. The summed E-state index contributed by atoms with van der Waals surface area (Å²) in [6.45, 7) is 1.57. The maximum absolute atomic E-state index is 12.9. The minimum Gasteiger partial charge on any atom is -0.488 e. The molecule has 0 saturated heterocycles. The molecule has 4 aromatic rings. The maximum atomic E-state index is 12.9. The van der Waals surface area contributed by atoms with Crippen molar-refractivity contribution in [2.45, 2.75) is 26.4 Å². The van der Waals surface area contributed by atoms with Crippen LogP contribution in [0.5, 0.6) is 5.75 Å². The molecule has 0 heterocycles. The highest BCUT2D eigenvalue weighted by Crippen LogP contribution is 2.19. The molecule has 4 aromatic carbocycles. The van der Waals surface area contributed by atoms with Crippen LogP contribution in [-0.4, -0.2) is 11.8 Å². The highest BCUT2D eigenvalue weighted by atomic mass is 16.5. The van der Waals surface area contributed by atoms with Gasteiger partial charge in [-0.1, -0.05) is 78.9 Å². The first-order valence-electron chi connectivity index (χ1n) is 11.7. The Balaban J connectivity index is 1.33. The van der Waals surface area contributed by atoms with E-state index in [1.165, 1.54) is 0 Å². The quantitative estimate of drug-likeness (QED) is 0.316. The van der Waals surface area contributed by atoms with E-state index in [-0.39, 0.29) is 12.5 Å². The van der Waals surface area contributed by atoms with Gasteiger partial charge in [-0.3, -0.25) is 9.59 Å². The molecular weight excluding hydrogens is 452 g/mol. The van der Waals surface area contributed by atoms with Gasteiger partial charge in [0.25, 0.3) is 11.8 Å². The molecule has 4 rings (SSSR count). The van der Waals surface area contributed by atoms with E-state index in [0.29, 0.717) is 36.6 Å². The number of para-hydroxylation sites is 1. The molecule has 0 atom stereocenters. The Labute approximate surface area is 210 Å². The number of amides is 2. The van der Waals surface area contributed by atoms with E-state index in [4.69, 9.17) is 15.2 Å². The van der Waals surface area contributed by atoms with Crippen LogP contribution >= 0.6 is 0 Å². The van der Waals surface area contributed by atoms with E-state index in [1.807, 2.05) is 60.7 Å². The van der Waals surface area contributed by atoms with Gasteiger partial charge >= 0.3 is 0 Å². The standard InChI is InChI=1S/C30H28N2O4/c31-29(33)27-15-6-7-16-28(27)36-20-23-11-8-14-24(17-23)30(34)32-18-25-12-4-5-13-26(25)21-35-19-22-9-2-1-3-10-22/h1-17H,18-21H2,(H2,31,33)(H,32,34). The van der Waals surface area contributed by atoms with E-state index in [1.54, 1.807) is 42.5 Å². The molecule has 0 saturated carbocycles. The van der Waals surface area contributed by atoms with Gasteiger partial charge < -0.3 is 20.5 Å². The van der Waals surface area contributed by atoms with Crippen molar-refractivity contribution in [2.24, 2.45) is 5.73 Å². The van der Waals surface area contributed by atoms with Crippen LogP contribution in [0.3, 0.4) is 0 Å². The second kappa shape index (κ2) is 12.3. The number of primary amides is 1. The fourth-order valence-corrected chi connectivity index (χ4v) is 3.76. The van der Waals surface area contributed by atoms with Crippen LogP contribution in [0.2, 0.25) is 0 Å². The van der Waals surface area contributed by atoms with Crippen molar-refractivity contribution in [3.63, 3.8) is 0 Å². The molecule has 0 bridgehead atoms. The minimum absolute atomic E-state index is 0.186. The second-order valence-electron chi connectivity index (χ2n) is 8.28. The molecule has 6 nitrogen and oxygen atoms in total. The third-order valence-corrected chi connectivity index (χ3v) is 5.66. The van der Waals surface area contributed by atoms with E-state index in [9.17, 15) is 9.59 Å². The predicted molar refractivity (Wildman–Crippen MR) is 138 cm³/mol. The first kappa shape index (κ1) is 24.7. The van der Waals surface area contributed by atoms with Gasteiger partial charge in [0.2, 0.25) is 0 Å². The SMILES string of the molecule is NC(=O)c1ccccc1OCc1cccc(C(=O)NCc2ccccc2COCc2ccccc2)c1. The van der Waals surface area contributed by atoms with Gasteiger partial charge in [-0.25, -0.2) is 0 Å². The van der Waals surface area contributed by atoms with Crippen LogP contribution < -0.4 is 15.8 Å². The van der Waals surface area contributed by atoms with Gasteiger partial charge in [0.05, 0.1) is 18.8 Å². The van der Waals surface area contributed by atoms with Crippen molar-refractivity contribution < 1.29 is 19.1 Å². The first-order valence-corrected chi connectivity index (χ1v) is 11.7. The smallest absolute Gasteiger partial charge is 0.252 e. The Morgan fingerprint density at radius 3 is 2.19 bits per heavy atom. The molecule has 0 aliphatic heterocycles. The summed E-state index contributed by atoms with van der Waals surface area (Å²) in [6, 6.07) is 31.9. The molecule has 6 heteroatoms. The van der Waals surface area contributed by atoms with Gasteiger partial charge in [-0.15, -0.1) is 0 Å². The topological polar surface area (TPSA) is 90.7 Å². The summed E-state index contributed by atoms with van der Waals surface area (Å²) in [5.41, 5.74) is 10.2. The van der Waals surface area contributed by atoms with Crippen molar-refractivity contribution in [3.8, 4) is 5.75 Å².